The minimum absolute atomic E-state index is 0.364. The van der Waals surface area contributed by atoms with Gasteiger partial charge in [-0.15, -0.1) is 0 Å². The van der Waals surface area contributed by atoms with E-state index in [1.165, 1.54) is 12.8 Å². The van der Waals surface area contributed by atoms with Crippen molar-refractivity contribution >= 4 is 28.4 Å². The number of rotatable bonds is 6. The minimum Gasteiger partial charge on any atom is -0.367 e. The van der Waals surface area contributed by atoms with Gasteiger partial charge in [-0.25, -0.2) is 9.97 Å². The first-order valence-electron chi connectivity index (χ1n) is 10.5. The smallest absolute Gasteiger partial charge is 0.150 e. The zero-order valence-electron chi connectivity index (χ0n) is 16.7. The van der Waals surface area contributed by atoms with Crippen molar-refractivity contribution < 1.29 is 0 Å². The van der Waals surface area contributed by atoms with Crippen molar-refractivity contribution in [1.29, 1.82) is 5.26 Å². The minimum atomic E-state index is 0.364. The monoisotopic (exact) mass is 400 g/mol. The van der Waals surface area contributed by atoms with E-state index < -0.39 is 0 Å². The predicted octanol–water partition coefficient (Wildman–Crippen LogP) is 3.48. The Labute approximate surface area is 175 Å². The Hall–Kier alpha value is -3.31. The van der Waals surface area contributed by atoms with Crippen LogP contribution in [0.15, 0.2) is 43.0 Å². The topological polar surface area (TPSA) is 103 Å². The van der Waals surface area contributed by atoms with Gasteiger partial charge in [0.15, 0.2) is 0 Å². The molecule has 0 amide bonds. The second kappa shape index (κ2) is 8.20. The molecule has 2 fully saturated rings. The average Bonchev–Trinajstić information content (AvgIpc) is 3.01. The number of fused-ring (bicyclic) bond motifs is 3. The lowest BCUT2D eigenvalue weighted by Crippen LogP contribution is -2.47. The summed E-state index contributed by atoms with van der Waals surface area (Å²) in [7, 11) is 0. The number of anilines is 3. The van der Waals surface area contributed by atoms with E-state index in [9.17, 15) is 0 Å². The van der Waals surface area contributed by atoms with E-state index in [4.69, 9.17) is 10.2 Å². The fraction of sp³-hybridized carbons (Fsp3) is 0.409. The van der Waals surface area contributed by atoms with E-state index >= 15 is 0 Å². The van der Waals surface area contributed by atoms with Crippen molar-refractivity contribution in [3.63, 3.8) is 0 Å². The van der Waals surface area contributed by atoms with E-state index in [1.807, 2.05) is 12.1 Å². The molecule has 0 spiro atoms. The second-order valence-electron chi connectivity index (χ2n) is 7.99. The first-order chi connectivity index (χ1) is 14.8. The number of nitrogens with zero attached hydrogens (tertiary/aromatic N) is 6. The zero-order chi connectivity index (χ0) is 20.3. The molecule has 3 aromatic rings. The highest BCUT2D eigenvalue weighted by Crippen LogP contribution is 2.37. The van der Waals surface area contributed by atoms with E-state index in [0.717, 1.165) is 36.1 Å². The lowest BCUT2D eigenvalue weighted by Gasteiger charge is -2.39. The molecule has 8 nitrogen and oxygen atoms in total. The first-order valence-corrected chi connectivity index (χ1v) is 10.5. The predicted molar refractivity (Wildman–Crippen MR) is 115 cm³/mol. The molecule has 30 heavy (non-hydrogen) atoms. The first kappa shape index (κ1) is 18.7. The van der Waals surface area contributed by atoms with Gasteiger partial charge in [-0.2, -0.15) is 5.26 Å². The van der Waals surface area contributed by atoms with Crippen LogP contribution >= 0.6 is 0 Å². The van der Waals surface area contributed by atoms with Crippen molar-refractivity contribution in [1.82, 2.24) is 24.8 Å². The highest BCUT2D eigenvalue weighted by molar-refractivity contribution is 5.91. The highest BCUT2D eigenvalue weighted by Gasteiger charge is 2.40. The van der Waals surface area contributed by atoms with Crippen LogP contribution in [0.5, 0.6) is 0 Å². The number of nitriles is 1. The fourth-order valence-corrected chi connectivity index (χ4v) is 4.87. The van der Waals surface area contributed by atoms with Gasteiger partial charge in [0.2, 0.25) is 0 Å². The summed E-state index contributed by atoms with van der Waals surface area (Å²) in [5, 5.41) is 16.9. The number of aromatic nitrogens is 4. The normalized spacial score (nSPS) is 23.2. The second-order valence-corrected chi connectivity index (χ2v) is 7.99. The molecule has 5 heterocycles. The molecular weight excluding hydrogens is 376 g/mol. The number of hydrogen-bond donors (Lipinski definition) is 2. The van der Waals surface area contributed by atoms with Crippen molar-refractivity contribution in [2.24, 2.45) is 0 Å². The summed E-state index contributed by atoms with van der Waals surface area (Å²) >= 11 is 0. The maximum absolute atomic E-state index is 8.95. The molecule has 8 heteroatoms. The molecular formula is C22H24N8. The molecule has 1 unspecified atom stereocenters. The molecule has 0 radical (unpaired) electrons. The maximum Gasteiger partial charge on any atom is 0.150 e. The third kappa shape index (κ3) is 3.76. The molecule has 0 aliphatic carbocycles. The van der Waals surface area contributed by atoms with Gasteiger partial charge in [-0.05, 0) is 37.8 Å². The van der Waals surface area contributed by atoms with Crippen LogP contribution in [0.1, 0.15) is 32.1 Å². The van der Waals surface area contributed by atoms with Crippen molar-refractivity contribution in [3.05, 3.63) is 43.0 Å². The molecule has 2 N–H and O–H groups in total. The molecule has 0 saturated carbocycles. The summed E-state index contributed by atoms with van der Waals surface area (Å²) in [5.74, 6) is 2.19. The maximum atomic E-state index is 8.95. The van der Waals surface area contributed by atoms with E-state index in [2.05, 4.69) is 42.6 Å². The van der Waals surface area contributed by atoms with Crippen LogP contribution in [0.3, 0.4) is 0 Å². The Morgan fingerprint density at radius 1 is 1.10 bits per heavy atom. The highest BCUT2D eigenvalue weighted by atomic mass is 15.2. The quantitative estimate of drug-likeness (QED) is 0.648. The van der Waals surface area contributed by atoms with Crippen LogP contribution in [0, 0.1) is 11.3 Å². The third-order valence-electron chi connectivity index (χ3n) is 6.13. The SMILES string of the molecule is N#CCCN1[C@@H]2CC[C@H]1CC(Nc1nc(Nc3cnccn3)cc3ncccc13)C2. The lowest BCUT2D eigenvalue weighted by atomic mass is 9.97. The van der Waals surface area contributed by atoms with Crippen LogP contribution in [-0.2, 0) is 0 Å². The Balaban J connectivity index is 1.38. The lowest BCUT2D eigenvalue weighted by molar-refractivity contribution is 0.136. The van der Waals surface area contributed by atoms with Gasteiger partial charge in [-0.1, -0.05) is 0 Å². The molecule has 3 aromatic heterocycles. The molecule has 5 rings (SSSR count). The Morgan fingerprint density at radius 2 is 1.97 bits per heavy atom. The van der Waals surface area contributed by atoms with E-state index in [0.29, 0.717) is 36.2 Å². The standard InChI is InChI=1S/C22H24N8/c23-6-2-10-30-16-4-5-17(30)12-15(11-16)27-22-18-3-1-7-25-19(18)13-20(29-22)28-21-14-24-8-9-26-21/h1,3,7-9,13-17H,2,4-5,10-12H2,(H2,26,27,28,29)/t15?,16-,17+. The van der Waals surface area contributed by atoms with Gasteiger partial charge in [0, 0.05) is 61.1 Å². The van der Waals surface area contributed by atoms with Crippen LogP contribution in [-0.4, -0.2) is 49.5 Å². The number of hydrogen-bond acceptors (Lipinski definition) is 8. The van der Waals surface area contributed by atoms with Crippen molar-refractivity contribution in [2.75, 3.05) is 17.2 Å². The van der Waals surface area contributed by atoms with Gasteiger partial charge < -0.3 is 10.6 Å². The molecule has 2 aliphatic rings. The summed E-state index contributed by atoms with van der Waals surface area (Å²) in [5.41, 5.74) is 0.885. The summed E-state index contributed by atoms with van der Waals surface area (Å²) in [4.78, 5) is 20.3. The fourth-order valence-electron chi connectivity index (χ4n) is 4.87. The number of nitrogens with one attached hydrogen (secondary N) is 2. The van der Waals surface area contributed by atoms with E-state index in [1.54, 1.807) is 24.8 Å². The van der Waals surface area contributed by atoms with Gasteiger partial charge in [0.05, 0.1) is 17.8 Å². The molecule has 0 aromatic carbocycles. The molecule has 2 aliphatic heterocycles. The molecule has 152 valence electrons. The van der Waals surface area contributed by atoms with Crippen molar-refractivity contribution in [3.8, 4) is 6.07 Å². The molecule has 3 atom stereocenters. The van der Waals surface area contributed by atoms with E-state index in [-0.39, 0.29) is 0 Å². The average molecular weight is 400 g/mol. The Kier molecular flexibility index (Phi) is 5.11. The van der Waals surface area contributed by atoms with Crippen LogP contribution in [0.25, 0.3) is 10.9 Å². The molecule has 2 saturated heterocycles. The Morgan fingerprint density at radius 3 is 2.73 bits per heavy atom. The van der Waals surface area contributed by atoms with Gasteiger partial charge in [0.1, 0.15) is 17.5 Å². The van der Waals surface area contributed by atoms with Gasteiger partial charge >= 0.3 is 0 Å². The number of pyridine rings is 2. The number of piperidine rings is 1. The van der Waals surface area contributed by atoms with Crippen LogP contribution in [0.4, 0.5) is 17.5 Å². The summed E-state index contributed by atoms with van der Waals surface area (Å²) in [6.07, 6.45) is 12.0. The largest absolute Gasteiger partial charge is 0.367 e. The Bertz CT molecular complexity index is 1050. The summed E-state index contributed by atoms with van der Waals surface area (Å²) in [6.45, 7) is 0.890. The molecule has 2 bridgehead atoms. The summed E-state index contributed by atoms with van der Waals surface area (Å²) in [6, 6.07) is 9.70. The van der Waals surface area contributed by atoms with Crippen LogP contribution < -0.4 is 10.6 Å². The van der Waals surface area contributed by atoms with Gasteiger partial charge in [-0.3, -0.25) is 14.9 Å². The summed E-state index contributed by atoms with van der Waals surface area (Å²) < 4.78 is 0. The third-order valence-corrected chi connectivity index (χ3v) is 6.13. The van der Waals surface area contributed by atoms with Crippen LogP contribution in [0.2, 0.25) is 0 Å². The van der Waals surface area contributed by atoms with Crippen molar-refractivity contribution in [2.45, 2.75) is 50.2 Å². The van der Waals surface area contributed by atoms with Gasteiger partial charge in [0.25, 0.3) is 0 Å². The zero-order valence-corrected chi connectivity index (χ0v) is 16.7.